The highest BCUT2D eigenvalue weighted by Crippen LogP contribution is 2.22. The second kappa shape index (κ2) is 5.72. The molecule has 0 spiro atoms. The highest BCUT2D eigenvalue weighted by atomic mass is 16.5. The lowest BCUT2D eigenvalue weighted by atomic mass is 10.1. The van der Waals surface area contributed by atoms with E-state index in [2.05, 4.69) is 26.9 Å². The number of ether oxygens (including phenoxy) is 2. The molecule has 0 aliphatic carbocycles. The van der Waals surface area contributed by atoms with Crippen molar-refractivity contribution in [3.63, 3.8) is 0 Å². The number of rotatable bonds is 4. The summed E-state index contributed by atoms with van der Waals surface area (Å²) in [5.41, 5.74) is 0.865. The van der Waals surface area contributed by atoms with Crippen LogP contribution in [-0.4, -0.2) is 52.5 Å². The number of aromatic nitrogens is 4. The number of anilines is 1. The molecule has 0 radical (unpaired) electrons. The molecule has 1 aliphatic heterocycles. The van der Waals surface area contributed by atoms with Gasteiger partial charge in [0.25, 0.3) is 5.78 Å². The fraction of sp³-hybridized carbons (Fsp3) is 0.615. The maximum atomic E-state index is 5.57. The van der Waals surface area contributed by atoms with Crippen LogP contribution in [0.1, 0.15) is 19.0 Å². The van der Waals surface area contributed by atoms with E-state index in [0.717, 1.165) is 37.7 Å². The van der Waals surface area contributed by atoms with Crippen molar-refractivity contribution in [1.82, 2.24) is 19.6 Å². The van der Waals surface area contributed by atoms with Crippen molar-refractivity contribution in [1.29, 1.82) is 0 Å². The Labute approximate surface area is 117 Å². The van der Waals surface area contributed by atoms with Crippen molar-refractivity contribution in [3.05, 3.63) is 18.1 Å². The summed E-state index contributed by atoms with van der Waals surface area (Å²) < 4.78 is 12.5. The first-order valence-electron chi connectivity index (χ1n) is 6.86. The number of fused-ring (bicyclic) bond motifs is 1. The molecule has 1 saturated heterocycles. The van der Waals surface area contributed by atoms with Crippen LogP contribution in [0.5, 0.6) is 0 Å². The van der Waals surface area contributed by atoms with Gasteiger partial charge in [-0.1, -0.05) is 6.92 Å². The third kappa shape index (κ3) is 2.34. The predicted molar refractivity (Wildman–Crippen MR) is 73.7 cm³/mol. The first-order valence-corrected chi connectivity index (χ1v) is 6.86. The lowest BCUT2D eigenvalue weighted by molar-refractivity contribution is 0.0923. The highest BCUT2D eigenvalue weighted by molar-refractivity contribution is 5.48. The quantitative estimate of drug-likeness (QED) is 0.827. The van der Waals surface area contributed by atoms with Gasteiger partial charge in [-0.3, -0.25) is 0 Å². The Morgan fingerprint density at radius 2 is 2.40 bits per heavy atom. The molecule has 1 unspecified atom stereocenters. The van der Waals surface area contributed by atoms with Gasteiger partial charge < -0.3 is 14.4 Å². The molecule has 0 amide bonds. The number of hydrogen-bond donors (Lipinski definition) is 0. The second-order valence-electron chi connectivity index (χ2n) is 4.84. The van der Waals surface area contributed by atoms with Crippen molar-refractivity contribution in [2.45, 2.75) is 26.0 Å². The molecule has 7 heteroatoms. The Bertz CT molecular complexity index is 585. The Hall–Kier alpha value is -1.73. The van der Waals surface area contributed by atoms with E-state index in [1.165, 1.54) is 6.33 Å². The minimum atomic E-state index is 0.356. The third-order valence-corrected chi connectivity index (χ3v) is 3.57. The highest BCUT2D eigenvalue weighted by Gasteiger charge is 2.24. The van der Waals surface area contributed by atoms with E-state index in [0.29, 0.717) is 18.4 Å². The number of hydrogen-bond acceptors (Lipinski definition) is 6. The molecular weight excluding hydrogens is 258 g/mol. The normalized spacial score (nSPS) is 19.7. The summed E-state index contributed by atoms with van der Waals surface area (Å²) in [6, 6.07) is 2.38. The van der Waals surface area contributed by atoms with E-state index in [1.807, 2.05) is 6.07 Å². The third-order valence-electron chi connectivity index (χ3n) is 3.57. The van der Waals surface area contributed by atoms with Crippen LogP contribution in [0.2, 0.25) is 0 Å². The van der Waals surface area contributed by atoms with Crippen molar-refractivity contribution < 1.29 is 9.47 Å². The van der Waals surface area contributed by atoms with Crippen molar-refractivity contribution in [2.75, 3.05) is 31.8 Å². The van der Waals surface area contributed by atoms with Crippen LogP contribution in [0.25, 0.3) is 5.78 Å². The van der Waals surface area contributed by atoms with Gasteiger partial charge in [-0.2, -0.15) is 14.6 Å². The summed E-state index contributed by atoms with van der Waals surface area (Å²) in [5.74, 6) is 1.62. The van der Waals surface area contributed by atoms with Crippen LogP contribution in [0.15, 0.2) is 12.4 Å². The number of methoxy groups -OCH3 is 1. The van der Waals surface area contributed by atoms with Gasteiger partial charge in [0.1, 0.15) is 12.1 Å². The van der Waals surface area contributed by atoms with Crippen LogP contribution in [0, 0.1) is 0 Å². The predicted octanol–water partition coefficient (Wildman–Crippen LogP) is 0.886. The zero-order valence-electron chi connectivity index (χ0n) is 11.8. The molecule has 0 N–H and O–H groups in total. The zero-order valence-corrected chi connectivity index (χ0v) is 11.8. The summed E-state index contributed by atoms with van der Waals surface area (Å²) in [7, 11) is 1.67. The average molecular weight is 277 g/mol. The average Bonchev–Trinajstić information content (AvgIpc) is 2.95. The maximum absolute atomic E-state index is 5.57. The summed E-state index contributed by atoms with van der Waals surface area (Å²) in [5, 5.41) is 4.28. The molecule has 1 aliphatic rings. The Morgan fingerprint density at radius 3 is 3.20 bits per heavy atom. The molecule has 1 fully saturated rings. The van der Waals surface area contributed by atoms with Crippen LogP contribution in [-0.2, 0) is 16.1 Å². The van der Waals surface area contributed by atoms with Crippen molar-refractivity contribution in [3.8, 4) is 0 Å². The monoisotopic (exact) mass is 277 g/mol. The molecule has 1 atom stereocenters. The van der Waals surface area contributed by atoms with Gasteiger partial charge in [0, 0.05) is 19.7 Å². The summed E-state index contributed by atoms with van der Waals surface area (Å²) in [6.07, 6.45) is 2.56. The van der Waals surface area contributed by atoms with Crippen LogP contribution < -0.4 is 4.90 Å². The standard InChI is InChI=1S/C13H19N5O2/c1-3-11-8-20-5-4-17(11)12-6-10(7-19-2)16-13-14-9-15-18(12)13/h6,9,11H,3-5,7-8H2,1-2H3. The molecule has 3 rings (SSSR count). The second-order valence-corrected chi connectivity index (χ2v) is 4.84. The van der Waals surface area contributed by atoms with Crippen LogP contribution in [0.3, 0.4) is 0 Å². The van der Waals surface area contributed by atoms with Gasteiger partial charge in [0.05, 0.1) is 31.6 Å². The Balaban J connectivity index is 2.05. The minimum Gasteiger partial charge on any atom is -0.378 e. The van der Waals surface area contributed by atoms with Crippen molar-refractivity contribution >= 4 is 11.6 Å². The van der Waals surface area contributed by atoms with Crippen LogP contribution >= 0.6 is 0 Å². The smallest absolute Gasteiger partial charge is 0.254 e. The molecular formula is C13H19N5O2. The summed E-state index contributed by atoms with van der Waals surface area (Å²) in [6.45, 7) is 4.97. The van der Waals surface area contributed by atoms with Crippen LogP contribution in [0.4, 0.5) is 5.82 Å². The fourth-order valence-corrected chi connectivity index (χ4v) is 2.57. The number of nitrogens with zero attached hydrogens (tertiary/aromatic N) is 5. The SMILES string of the molecule is CCC1COCCN1c1cc(COC)nc2ncnn12. The molecule has 0 saturated carbocycles. The van der Waals surface area contributed by atoms with E-state index in [4.69, 9.17) is 9.47 Å². The molecule has 7 nitrogen and oxygen atoms in total. The molecule has 0 bridgehead atoms. The first-order chi connectivity index (χ1) is 9.83. The molecule has 108 valence electrons. The molecule has 20 heavy (non-hydrogen) atoms. The molecule has 0 aromatic carbocycles. The van der Waals surface area contributed by atoms with E-state index < -0.39 is 0 Å². The summed E-state index contributed by atoms with van der Waals surface area (Å²) in [4.78, 5) is 11.0. The molecule has 2 aromatic rings. The molecule has 2 aromatic heterocycles. The van der Waals surface area contributed by atoms with E-state index in [-0.39, 0.29) is 0 Å². The first kappa shape index (κ1) is 13.3. The van der Waals surface area contributed by atoms with Gasteiger partial charge in [-0.05, 0) is 6.42 Å². The number of morpholine rings is 1. The fourth-order valence-electron chi connectivity index (χ4n) is 2.57. The Morgan fingerprint density at radius 1 is 1.50 bits per heavy atom. The van der Waals surface area contributed by atoms with Crippen molar-refractivity contribution in [2.24, 2.45) is 0 Å². The summed E-state index contributed by atoms with van der Waals surface area (Å²) >= 11 is 0. The zero-order chi connectivity index (χ0) is 13.9. The van der Waals surface area contributed by atoms with Gasteiger partial charge in [0.2, 0.25) is 0 Å². The lowest BCUT2D eigenvalue weighted by Crippen LogP contribution is -2.46. The van der Waals surface area contributed by atoms with Gasteiger partial charge in [-0.25, -0.2) is 4.98 Å². The van der Waals surface area contributed by atoms with Gasteiger partial charge in [-0.15, -0.1) is 0 Å². The topological polar surface area (TPSA) is 64.8 Å². The maximum Gasteiger partial charge on any atom is 0.254 e. The largest absolute Gasteiger partial charge is 0.378 e. The van der Waals surface area contributed by atoms with Gasteiger partial charge in [0.15, 0.2) is 0 Å². The van der Waals surface area contributed by atoms with E-state index in [9.17, 15) is 0 Å². The van der Waals surface area contributed by atoms with E-state index >= 15 is 0 Å². The minimum absolute atomic E-state index is 0.356. The lowest BCUT2D eigenvalue weighted by Gasteiger charge is -2.36. The van der Waals surface area contributed by atoms with Gasteiger partial charge >= 0.3 is 0 Å². The Kier molecular flexibility index (Phi) is 3.79. The van der Waals surface area contributed by atoms with E-state index in [1.54, 1.807) is 11.6 Å². The molecule has 3 heterocycles.